The zero-order valence-corrected chi connectivity index (χ0v) is 18.8. The minimum atomic E-state index is -0.375. The smallest absolute Gasteiger partial charge is 0.237 e. The fourth-order valence-corrected chi connectivity index (χ4v) is 4.63. The van der Waals surface area contributed by atoms with Crippen molar-refractivity contribution >= 4 is 34.7 Å². The van der Waals surface area contributed by atoms with E-state index < -0.39 is 0 Å². The van der Waals surface area contributed by atoms with E-state index in [1.165, 1.54) is 11.8 Å². The van der Waals surface area contributed by atoms with Crippen molar-refractivity contribution in [3.8, 4) is 16.5 Å². The van der Waals surface area contributed by atoms with Crippen molar-refractivity contribution in [2.45, 2.75) is 23.9 Å². The van der Waals surface area contributed by atoms with Crippen molar-refractivity contribution in [1.82, 2.24) is 14.8 Å². The molecule has 1 amide bonds. The first-order chi connectivity index (χ1) is 15.2. The molecule has 0 saturated heterocycles. The van der Waals surface area contributed by atoms with Gasteiger partial charge in [0.25, 0.3) is 0 Å². The maximum atomic E-state index is 12.8. The second kappa shape index (κ2) is 9.80. The van der Waals surface area contributed by atoms with Gasteiger partial charge in [-0.25, -0.2) is 0 Å². The van der Waals surface area contributed by atoms with Crippen LogP contribution < -0.4 is 10.1 Å². The SMILES string of the molecule is COc1ccccc1NC(=O)C(C)Sc1nnc(-c2cccs2)n1Cc1ccccc1. The highest BCUT2D eigenvalue weighted by Gasteiger charge is 2.22. The molecule has 0 fully saturated rings. The van der Waals surface area contributed by atoms with Crippen LogP contribution >= 0.6 is 23.1 Å². The predicted octanol–water partition coefficient (Wildman–Crippen LogP) is 5.18. The van der Waals surface area contributed by atoms with Gasteiger partial charge in [0.05, 0.1) is 29.5 Å². The second-order valence-corrected chi connectivity index (χ2v) is 9.06. The molecule has 0 spiro atoms. The Morgan fingerprint density at radius 3 is 2.61 bits per heavy atom. The number of nitrogens with one attached hydrogen (secondary N) is 1. The van der Waals surface area contributed by atoms with Crippen LogP contribution in [0.4, 0.5) is 5.69 Å². The molecule has 0 bridgehead atoms. The lowest BCUT2D eigenvalue weighted by Crippen LogP contribution is -2.23. The Morgan fingerprint density at radius 2 is 1.87 bits per heavy atom. The van der Waals surface area contributed by atoms with Gasteiger partial charge in [0.2, 0.25) is 5.91 Å². The number of ether oxygens (including phenoxy) is 1. The van der Waals surface area contributed by atoms with Crippen molar-refractivity contribution in [3.05, 3.63) is 77.7 Å². The number of hydrogen-bond donors (Lipinski definition) is 1. The number of amides is 1. The van der Waals surface area contributed by atoms with Crippen LogP contribution in [0.3, 0.4) is 0 Å². The average molecular weight is 451 g/mol. The molecular weight excluding hydrogens is 428 g/mol. The lowest BCUT2D eigenvalue weighted by atomic mass is 10.2. The van der Waals surface area contributed by atoms with Crippen molar-refractivity contribution in [2.24, 2.45) is 0 Å². The summed E-state index contributed by atoms with van der Waals surface area (Å²) >= 11 is 3.01. The standard InChI is InChI=1S/C23H22N4O2S2/c1-16(22(28)24-18-11-6-7-12-19(18)29-2)31-23-26-25-21(20-13-8-14-30-20)27(23)15-17-9-4-3-5-10-17/h3-14,16H,15H2,1-2H3,(H,24,28). The summed E-state index contributed by atoms with van der Waals surface area (Å²) in [6.07, 6.45) is 0. The maximum Gasteiger partial charge on any atom is 0.237 e. The number of thiophene rings is 1. The summed E-state index contributed by atoms with van der Waals surface area (Å²) in [6.45, 7) is 2.49. The van der Waals surface area contributed by atoms with Crippen LogP contribution in [-0.4, -0.2) is 33.0 Å². The summed E-state index contributed by atoms with van der Waals surface area (Å²) in [5, 5.41) is 14.1. The van der Waals surface area contributed by atoms with Gasteiger partial charge in [-0.3, -0.25) is 9.36 Å². The first kappa shape index (κ1) is 21.1. The molecular formula is C23H22N4O2S2. The van der Waals surface area contributed by atoms with Gasteiger partial charge in [-0.2, -0.15) is 0 Å². The Labute approximate surface area is 189 Å². The number of thioether (sulfide) groups is 1. The Hall–Kier alpha value is -3.10. The quantitative estimate of drug-likeness (QED) is 0.375. The molecule has 0 aliphatic heterocycles. The third-order valence-corrected chi connectivity index (χ3v) is 6.60. The van der Waals surface area contributed by atoms with Gasteiger partial charge in [-0.15, -0.1) is 21.5 Å². The molecule has 1 atom stereocenters. The fraction of sp³-hybridized carbons (Fsp3) is 0.174. The van der Waals surface area contributed by atoms with Crippen LogP contribution in [0.2, 0.25) is 0 Å². The van der Waals surface area contributed by atoms with E-state index in [2.05, 4.69) is 32.2 Å². The number of aromatic nitrogens is 3. The number of methoxy groups -OCH3 is 1. The maximum absolute atomic E-state index is 12.8. The van der Waals surface area contributed by atoms with Gasteiger partial charge in [0.1, 0.15) is 5.75 Å². The Balaban J connectivity index is 1.56. The second-order valence-electron chi connectivity index (χ2n) is 6.80. The van der Waals surface area contributed by atoms with Crippen molar-refractivity contribution in [1.29, 1.82) is 0 Å². The molecule has 1 N–H and O–H groups in total. The van der Waals surface area contributed by atoms with E-state index in [9.17, 15) is 4.79 Å². The first-order valence-corrected chi connectivity index (χ1v) is 11.5. The molecule has 4 aromatic rings. The van der Waals surface area contributed by atoms with Gasteiger partial charge in [-0.1, -0.05) is 60.3 Å². The van der Waals surface area contributed by atoms with Crippen molar-refractivity contribution in [2.75, 3.05) is 12.4 Å². The van der Waals surface area contributed by atoms with Crippen LogP contribution in [0.5, 0.6) is 5.75 Å². The molecule has 4 rings (SSSR count). The molecule has 0 aliphatic rings. The molecule has 31 heavy (non-hydrogen) atoms. The highest BCUT2D eigenvalue weighted by molar-refractivity contribution is 8.00. The number of benzene rings is 2. The summed E-state index contributed by atoms with van der Waals surface area (Å²) in [7, 11) is 1.58. The van der Waals surface area contributed by atoms with Crippen LogP contribution in [-0.2, 0) is 11.3 Å². The third kappa shape index (κ3) is 4.98. The summed E-state index contributed by atoms with van der Waals surface area (Å²) in [6, 6.07) is 21.6. The summed E-state index contributed by atoms with van der Waals surface area (Å²) in [5.41, 5.74) is 1.79. The molecule has 0 radical (unpaired) electrons. The van der Waals surface area contributed by atoms with Crippen molar-refractivity contribution < 1.29 is 9.53 Å². The highest BCUT2D eigenvalue weighted by atomic mass is 32.2. The first-order valence-electron chi connectivity index (χ1n) is 9.77. The van der Waals surface area contributed by atoms with Crippen LogP contribution in [0.25, 0.3) is 10.7 Å². The summed E-state index contributed by atoms with van der Waals surface area (Å²) < 4.78 is 7.40. The number of anilines is 1. The van der Waals surface area contributed by atoms with E-state index in [4.69, 9.17) is 4.74 Å². The number of carbonyl (C=O) groups is 1. The normalized spacial score (nSPS) is 11.8. The summed E-state index contributed by atoms with van der Waals surface area (Å²) in [4.78, 5) is 13.9. The van der Waals surface area contributed by atoms with Crippen LogP contribution in [0, 0.1) is 0 Å². The lowest BCUT2D eigenvalue weighted by Gasteiger charge is -2.15. The molecule has 8 heteroatoms. The molecule has 2 aromatic carbocycles. The molecule has 6 nitrogen and oxygen atoms in total. The Kier molecular flexibility index (Phi) is 6.69. The molecule has 0 saturated carbocycles. The minimum absolute atomic E-state index is 0.124. The van der Waals surface area contributed by atoms with Crippen LogP contribution in [0.15, 0.2) is 77.3 Å². The van der Waals surface area contributed by atoms with E-state index in [0.717, 1.165) is 16.3 Å². The minimum Gasteiger partial charge on any atom is -0.495 e. The van der Waals surface area contributed by atoms with Gasteiger partial charge >= 0.3 is 0 Å². The van der Waals surface area contributed by atoms with Gasteiger partial charge in [-0.05, 0) is 36.1 Å². The van der Waals surface area contributed by atoms with Gasteiger partial charge in [0.15, 0.2) is 11.0 Å². The van der Waals surface area contributed by atoms with E-state index in [1.807, 2.05) is 66.9 Å². The zero-order valence-electron chi connectivity index (χ0n) is 17.2. The van der Waals surface area contributed by atoms with Gasteiger partial charge < -0.3 is 10.1 Å². The van der Waals surface area contributed by atoms with E-state index in [0.29, 0.717) is 23.1 Å². The monoisotopic (exact) mass is 450 g/mol. The highest BCUT2D eigenvalue weighted by Crippen LogP contribution is 2.31. The fourth-order valence-electron chi connectivity index (χ4n) is 3.07. The molecule has 0 aliphatic carbocycles. The number of nitrogens with zero attached hydrogens (tertiary/aromatic N) is 3. The Morgan fingerprint density at radius 1 is 1.10 bits per heavy atom. The third-order valence-electron chi connectivity index (χ3n) is 4.66. The van der Waals surface area contributed by atoms with E-state index in [1.54, 1.807) is 18.4 Å². The number of carbonyl (C=O) groups excluding carboxylic acids is 1. The summed E-state index contributed by atoms with van der Waals surface area (Å²) in [5.74, 6) is 1.31. The molecule has 158 valence electrons. The predicted molar refractivity (Wildman–Crippen MR) is 126 cm³/mol. The van der Waals surface area contributed by atoms with Crippen molar-refractivity contribution in [3.63, 3.8) is 0 Å². The Bertz CT molecular complexity index is 1140. The molecule has 1 unspecified atom stereocenters. The number of para-hydroxylation sites is 2. The number of rotatable bonds is 8. The van der Waals surface area contributed by atoms with E-state index >= 15 is 0 Å². The molecule has 2 aromatic heterocycles. The lowest BCUT2D eigenvalue weighted by molar-refractivity contribution is -0.115. The topological polar surface area (TPSA) is 69.0 Å². The average Bonchev–Trinajstić information content (AvgIpc) is 3.45. The zero-order chi connectivity index (χ0) is 21.6. The molecule has 2 heterocycles. The number of hydrogen-bond acceptors (Lipinski definition) is 6. The van der Waals surface area contributed by atoms with Gasteiger partial charge in [0, 0.05) is 0 Å². The van der Waals surface area contributed by atoms with E-state index in [-0.39, 0.29) is 11.2 Å². The largest absolute Gasteiger partial charge is 0.495 e. The van der Waals surface area contributed by atoms with Crippen LogP contribution in [0.1, 0.15) is 12.5 Å².